The number of nitrogens with zero attached hydrogens (tertiary/aromatic N) is 3. The number of anilines is 2. The van der Waals surface area contributed by atoms with Crippen LogP contribution in [0.5, 0.6) is 0 Å². The molecule has 1 aliphatic rings. The number of rotatable bonds is 6. The lowest BCUT2D eigenvalue weighted by Gasteiger charge is -2.14. The zero-order valence-electron chi connectivity index (χ0n) is 12.4. The zero-order valence-corrected chi connectivity index (χ0v) is 13.2. The predicted octanol–water partition coefficient (Wildman–Crippen LogP) is 2.18. The van der Waals surface area contributed by atoms with E-state index >= 15 is 0 Å². The first-order valence-electron chi connectivity index (χ1n) is 7.47. The smallest absolute Gasteiger partial charge is 0.240 e. The van der Waals surface area contributed by atoms with Gasteiger partial charge in [0.2, 0.25) is 5.95 Å². The Kier molecular flexibility index (Phi) is 4.52. The molecular formula is C14H22N6S. The molecule has 21 heavy (non-hydrogen) atoms. The Morgan fingerprint density at radius 3 is 2.90 bits per heavy atom. The molecule has 0 unspecified atom stereocenters. The fraction of sp³-hybridized carbons (Fsp3) is 0.571. The SMILES string of the molecule is Cc1cc2c(NCCCN3CCCC3)nc(NN)nc2s1. The van der Waals surface area contributed by atoms with Gasteiger partial charge in [0.25, 0.3) is 0 Å². The molecule has 3 heterocycles. The molecule has 3 rings (SSSR count). The molecule has 1 fully saturated rings. The Hall–Kier alpha value is -1.44. The molecule has 0 spiro atoms. The standard InChI is InChI=1S/C14H22N6S/c1-10-9-11-12(17-14(19-15)18-13(11)21-10)16-5-4-8-20-6-2-3-7-20/h9H,2-8,15H2,1H3,(H2,16,17,18,19). The number of aryl methyl sites for hydroxylation is 1. The van der Waals surface area contributed by atoms with E-state index in [1.54, 1.807) is 11.3 Å². The number of nitrogens with one attached hydrogen (secondary N) is 2. The Labute approximate surface area is 128 Å². The summed E-state index contributed by atoms with van der Waals surface area (Å²) in [4.78, 5) is 13.6. The number of fused-ring (bicyclic) bond motifs is 1. The third-order valence-electron chi connectivity index (χ3n) is 3.79. The second-order valence-electron chi connectivity index (χ2n) is 5.45. The summed E-state index contributed by atoms with van der Waals surface area (Å²) in [7, 11) is 0. The van der Waals surface area contributed by atoms with Crippen molar-refractivity contribution < 1.29 is 0 Å². The maximum absolute atomic E-state index is 5.45. The van der Waals surface area contributed by atoms with Crippen molar-refractivity contribution in [3.05, 3.63) is 10.9 Å². The summed E-state index contributed by atoms with van der Waals surface area (Å²) < 4.78 is 0. The van der Waals surface area contributed by atoms with Crippen LogP contribution in [-0.4, -0.2) is 41.0 Å². The number of thiophene rings is 1. The Morgan fingerprint density at radius 1 is 1.33 bits per heavy atom. The maximum atomic E-state index is 5.45. The monoisotopic (exact) mass is 306 g/mol. The molecule has 2 aromatic heterocycles. The quantitative estimate of drug-likeness (QED) is 0.431. The van der Waals surface area contributed by atoms with Crippen molar-refractivity contribution >= 4 is 33.3 Å². The lowest BCUT2D eigenvalue weighted by molar-refractivity contribution is 0.337. The van der Waals surface area contributed by atoms with E-state index in [-0.39, 0.29) is 0 Å². The second kappa shape index (κ2) is 6.55. The van der Waals surface area contributed by atoms with Crippen LogP contribution in [0, 0.1) is 6.92 Å². The number of hydrazine groups is 1. The van der Waals surface area contributed by atoms with Crippen molar-refractivity contribution in [2.45, 2.75) is 26.2 Å². The van der Waals surface area contributed by atoms with Gasteiger partial charge in [-0.15, -0.1) is 11.3 Å². The number of hydrogen-bond donors (Lipinski definition) is 3. The normalized spacial score (nSPS) is 15.7. The summed E-state index contributed by atoms with van der Waals surface area (Å²) in [6.45, 7) is 6.66. The number of likely N-dealkylation sites (tertiary alicyclic amines) is 1. The molecule has 2 aromatic rings. The highest BCUT2D eigenvalue weighted by molar-refractivity contribution is 7.18. The van der Waals surface area contributed by atoms with Gasteiger partial charge >= 0.3 is 0 Å². The highest BCUT2D eigenvalue weighted by Crippen LogP contribution is 2.29. The summed E-state index contributed by atoms with van der Waals surface area (Å²) in [6.07, 6.45) is 3.82. The number of nitrogens with two attached hydrogens (primary N) is 1. The lowest BCUT2D eigenvalue weighted by Crippen LogP contribution is -2.22. The molecule has 1 saturated heterocycles. The van der Waals surface area contributed by atoms with Gasteiger partial charge in [-0.1, -0.05) is 0 Å². The Bertz CT molecular complexity index is 605. The molecule has 0 saturated carbocycles. The maximum Gasteiger partial charge on any atom is 0.240 e. The number of nitrogen functional groups attached to an aromatic ring is 1. The average molecular weight is 306 g/mol. The molecule has 0 radical (unpaired) electrons. The summed E-state index contributed by atoms with van der Waals surface area (Å²) >= 11 is 1.66. The second-order valence-corrected chi connectivity index (χ2v) is 6.68. The molecule has 7 heteroatoms. The third-order valence-corrected chi connectivity index (χ3v) is 4.73. The van der Waals surface area contributed by atoms with E-state index in [4.69, 9.17) is 5.84 Å². The van der Waals surface area contributed by atoms with Crippen LogP contribution in [0.3, 0.4) is 0 Å². The zero-order chi connectivity index (χ0) is 14.7. The van der Waals surface area contributed by atoms with Crippen LogP contribution in [0.25, 0.3) is 10.2 Å². The van der Waals surface area contributed by atoms with Crippen LogP contribution in [0.4, 0.5) is 11.8 Å². The highest BCUT2D eigenvalue weighted by Gasteiger charge is 2.12. The van der Waals surface area contributed by atoms with Crippen molar-refractivity contribution in [1.82, 2.24) is 14.9 Å². The van der Waals surface area contributed by atoms with E-state index < -0.39 is 0 Å². The molecule has 0 atom stereocenters. The van der Waals surface area contributed by atoms with Crippen LogP contribution in [0.1, 0.15) is 24.1 Å². The van der Waals surface area contributed by atoms with Crippen LogP contribution in [-0.2, 0) is 0 Å². The first-order valence-corrected chi connectivity index (χ1v) is 8.29. The van der Waals surface area contributed by atoms with Gasteiger partial charge in [-0.05, 0) is 51.9 Å². The van der Waals surface area contributed by atoms with Crippen molar-refractivity contribution in [3.8, 4) is 0 Å². The van der Waals surface area contributed by atoms with Gasteiger partial charge in [-0.25, -0.2) is 10.8 Å². The van der Waals surface area contributed by atoms with Crippen LogP contribution >= 0.6 is 11.3 Å². The van der Waals surface area contributed by atoms with Crippen LogP contribution in [0.15, 0.2) is 6.07 Å². The molecule has 4 N–H and O–H groups in total. The van der Waals surface area contributed by atoms with Gasteiger partial charge in [-0.2, -0.15) is 4.98 Å². The van der Waals surface area contributed by atoms with E-state index in [1.165, 1.54) is 30.8 Å². The minimum Gasteiger partial charge on any atom is -0.369 e. The minimum atomic E-state index is 0.464. The van der Waals surface area contributed by atoms with E-state index in [2.05, 4.69) is 38.6 Å². The Balaban J connectivity index is 1.64. The molecule has 0 amide bonds. The van der Waals surface area contributed by atoms with E-state index in [0.29, 0.717) is 5.95 Å². The molecule has 6 nitrogen and oxygen atoms in total. The first kappa shape index (κ1) is 14.5. The highest BCUT2D eigenvalue weighted by atomic mass is 32.1. The van der Waals surface area contributed by atoms with Gasteiger partial charge in [0.15, 0.2) is 0 Å². The molecule has 1 aliphatic heterocycles. The van der Waals surface area contributed by atoms with E-state index in [1.807, 2.05) is 0 Å². The Morgan fingerprint density at radius 2 is 2.14 bits per heavy atom. The predicted molar refractivity (Wildman–Crippen MR) is 88.7 cm³/mol. The summed E-state index contributed by atoms with van der Waals surface area (Å²) in [5.74, 6) is 6.79. The summed E-state index contributed by atoms with van der Waals surface area (Å²) in [5.41, 5.74) is 2.54. The van der Waals surface area contributed by atoms with Gasteiger partial charge in [0.05, 0.1) is 5.39 Å². The average Bonchev–Trinajstić information content (AvgIpc) is 3.11. The van der Waals surface area contributed by atoms with Crippen molar-refractivity contribution in [1.29, 1.82) is 0 Å². The van der Waals surface area contributed by atoms with Gasteiger partial charge < -0.3 is 10.2 Å². The topological polar surface area (TPSA) is 79.1 Å². The van der Waals surface area contributed by atoms with E-state index in [9.17, 15) is 0 Å². The summed E-state index contributed by atoms with van der Waals surface area (Å²) in [6, 6.07) is 2.13. The van der Waals surface area contributed by atoms with Crippen LogP contribution in [0.2, 0.25) is 0 Å². The van der Waals surface area contributed by atoms with Crippen molar-refractivity contribution in [3.63, 3.8) is 0 Å². The third kappa shape index (κ3) is 3.42. The van der Waals surface area contributed by atoms with E-state index in [0.717, 1.165) is 35.5 Å². The fourth-order valence-electron chi connectivity index (χ4n) is 2.76. The van der Waals surface area contributed by atoms with Crippen molar-refractivity contribution in [2.24, 2.45) is 5.84 Å². The molecular weight excluding hydrogens is 284 g/mol. The van der Waals surface area contributed by atoms with Gasteiger partial charge in [0, 0.05) is 11.4 Å². The molecule has 0 bridgehead atoms. The van der Waals surface area contributed by atoms with Gasteiger partial charge in [-0.3, -0.25) is 5.43 Å². The van der Waals surface area contributed by atoms with Gasteiger partial charge in [0.1, 0.15) is 10.6 Å². The van der Waals surface area contributed by atoms with Crippen molar-refractivity contribution in [2.75, 3.05) is 36.9 Å². The molecule has 0 aliphatic carbocycles. The lowest BCUT2D eigenvalue weighted by atomic mass is 10.3. The fourth-order valence-corrected chi connectivity index (χ4v) is 3.64. The number of hydrogen-bond acceptors (Lipinski definition) is 7. The number of aromatic nitrogens is 2. The minimum absolute atomic E-state index is 0.464. The summed E-state index contributed by atoms with van der Waals surface area (Å²) in [5, 5.41) is 4.51. The van der Waals surface area contributed by atoms with Crippen LogP contribution < -0.4 is 16.6 Å². The molecule has 0 aromatic carbocycles. The first-order chi connectivity index (χ1) is 10.3. The largest absolute Gasteiger partial charge is 0.369 e. The molecule has 114 valence electrons.